The van der Waals surface area contributed by atoms with Gasteiger partial charge in [0.15, 0.2) is 0 Å². The summed E-state index contributed by atoms with van der Waals surface area (Å²) in [5.74, 6) is 0.884. The van der Waals surface area contributed by atoms with E-state index < -0.39 is 0 Å². The van der Waals surface area contributed by atoms with Crippen molar-refractivity contribution in [3.8, 4) is 0 Å². The number of rotatable bonds is 1. The molecule has 0 heterocycles. The molecule has 0 fully saturated rings. The molecule has 0 aliphatic heterocycles. The van der Waals surface area contributed by atoms with Gasteiger partial charge in [0, 0.05) is 26.2 Å². The zero-order valence-electron chi connectivity index (χ0n) is 4.78. The Hall–Kier alpha value is 0.883. The summed E-state index contributed by atoms with van der Waals surface area (Å²) < 4.78 is 0. The van der Waals surface area contributed by atoms with Crippen molar-refractivity contribution in [1.29, 1.82) is 0 Å². The van der Waals surface area contributed by atoms with Gasteiger partial charge in [-0.25, -0.2) is 0 Å². The molecule has 0 aromatic heterocycles. The molecule has 0 aromatic rings. The van der Waals surface area contributed by atoms with Gasteiger partial charge in [0.25, 0.3) is 0 Å². The van der Waals surface area contributed by atoms with E-state index in [4.69, 9.17) is 0 Å². The summed E-state index contributed by atoms with van der Waals surface area (Å²) >= 11 is 0. The Morgan fingerprint density at radius 2 is 1.50 bits per heavy atom. The first-order valence-electron chi connectivity index (χ1n) is 2.27. The molecule has 0 atom stereocenters. The molecule has 0 spiro atoms. The van der Waals surface area contributed by atoms with Crippen molar-refractivity contribution in [2.24, 2.45) is 5.92 Å². The van der Waals surface area contributed by atoms with Gasteiger partial charge >= 0.3 is 0 Å². The van der Waals surface area contributed by atoms with Crippen molar-refractivity contribution in [3.63, 3.8) is 0 Å². The molecule has 0 aliphatic carbocycles. The number of hydrogen-bond acceptors (Lipinski definition) is 0. The molecule has 0 aliphatic rings. The van der Waals surface area contributed by atoms with E-state index in [2.05, 4.69) is 20.8 Å². The van der Waals surface area contributed by atoms with E-state index in [0.717, 1.165) is 5.92 Å². The van der Waals surface area contributed by atoms with Gasteiger partial charge in [0.05, 0.1) is 0 Å². The van der Waals surface area contributed by atoms with Gasteiger partial charge in [-0.3, -0.25) is 0 Å². The van der Waals surface area contributed by atoms with E-state index >= 15 is 0 Å². The van der Waals surface area contributed by atoms with Crippen molar-refractivity contribution in [1.82, 2.24) is 0 Å². The average molecular weight is 163 g/mol. The molecule has 6 heavy (non-hydrogen) atoms. The summed E-state index contributed by atoms with van der Waals surface area (Å²) in [5.41, 5.74) is 0. The molecule has 0 radical (unpaired) electrons. The zero-order valence-corrected chi connectivity index (χ0v) is 7.24. The van der Waals surface area contributed by atoms with Crippen LogP contribution in [0.5, 0.6) is 0 Å². The van der Waals surface area contributed by atoms with E-state index in [-0.39, 0.29) is 26.2 Å². The smallest absolute Gasteiger partial charge is 0 e. The van der Waals surface area contributed by atoms with Gasteiger partial charge in [-0.2, -0.15) is 0 Å². The fraction of sp³-hybridized carbons (Fsp3) is 1.00. The minimum atomic E-state index is 0. The standard InChI is InChI=1S/C5H12.Zr/c1-4-5(2)3;/h5H,4H2,1-3H3;. The molecule has 0 unspecified atom stereocenters. The topological polar surface area (TPSA) is 0 Å². The van der Waals surface area contributed by atoms with Gasteiger partial charge in [-0.05, 0) is 5.92 Å². The molecule has 0 rings (SSSR count). The molecular formula is C5H12Zr. The number of hydrogen-bond donors (Lipinski definition) is 0. The van der Waals surface area contributed by atoms with E-state index in [1.165, 1.54) is 6.42 Å². The van der Waals surface area contributed by atoms with Crippen LogP contribution in [0.2, 0.25) is 0 Å². The van der Waals surface area contributed by atoms with Crippen molar-refractivity contribution in [2.45, 2.75) is 27.2 Å². The fourth-order valence-corrected chi connectivity index (χ4v) is 0. The maximum Gasteiger partial charge on any atom is 0 e. The minimum absolute atomic E-state index is 0. The Bertz CT molecular complexity index is 17.9. The molecule has 1 heteroatoms. The first-order valence-corrected chi connectivity index (χ1v) is 2.27. The summed E-state index contributed by atoms with van der Waals surface area (Å²) in [5, 5.41) is 0. The van der Waals surface area contributed by atoms with E-state index in [9.17, 15) is 0 Å². The Balaban J connectivity index is 0. The predicted octanol–water partition coefficient (Wildman–Crippen LogP) is 2.05. The van der Waals surface area contributed by atoms with Gasteiger partial charge < -0.3 is 0 Å². The maximum absolute atomic E-state index is 2.22. The third kappa shape index (κ3) is 8.86. The van der Waals surface area contributed by atoms with Gasteiger partial charge in [-0.1, -0.05) is 27.2 Å². The van der Waals surface area contributed by atoms with Crippen molar-refractivity contribution < 1.29 is 26.2 Å². The second kappa shape index (κ2) is 5.88. The monoisotopic (exact) mass is 162 g/mol. The molecule has 0 nitrogen and oxygen atoms in total. The Morgan fingerprint density at radius 1 is 1.33 bits per heavy atom. The quantitative estimate of drug-likeness (QED) is 0.555. The van der Waals surface area contributed by atoms with Crippen LogP contribution in [0.15, 0.2) is 0 Å². The van der Waals surface area contributed by atoms with Crippen LogP contribution in [0.25, 0.3) is 0 Å². The maximum atomic E-state index is 2.22. The van der Waals surface area contributed by atoms with Crippen LogP contribution in [0.3, 0.4) is 0 Å². The molecule has 0 saturated heterocycles. The van der Waals surface area contributed by atoms with Crippen LogP contribution in [0, 0.1) is 5.92 Å². The fourth-order valence-electron chi connectivity index (χ4n) is 0. The molecule has 0 N–H and O–H groups in total. The van der Waals surface area contributed by atoms with Crippen molar-refractivity contribution in [3.05, 3.63) is 0 Å². The Morgan fingerprint density at radius 3 is 1.50 bits per heavy atom. The second-order valence-electron chi connectivity index (χ2n) is 1.80. The molecule has 0 bridgehead atoms. The summed E-state index contributed by atoms with van der Waals surface area (Å²) in [6.07, 6.45) is 1.31. The normalized spacial score (nSPS) is 8.00. The van der Waals surface area contributed by atoms with E-state index in [1.807, 2.05) is 0 Å². The molecule has 36 valence electrons. The summed E-state index contributed by atoms with van der Waals surface area (Å²) in [6, 6.07) is 0. The summed E-state index contributed by atoms with van der Waals surface area (Å²) in [4.78, 5) is 0. The van der Waals surface area contributed by atoms with Crippen molar-refractivity contribution >= 4 is 0 Å². The van der Waals surface area contributed by atoms with Gasteiger partial charge in [0.1, 0.15) is 0 Å². The van der Waals surface area contributed by atoms with Crippen LogP contribution < -0.4 is 0 Å². The Kier molecular flexibility index (Phi) is 9.80. The average Bonchev–Trinajstić information content (AvgIpc) is 1.38. The molecule has 0 amide bonds. The summed E-state index contributed by atoms with van der Waals surface area (Å²) in [7, 11) is 0. The summed E-state index contributed by atoms with van der Waals surface area (Å²) in [6.45, 7) is 6.64. The first kappa shape index (κ1) is 9.99. The van der Waals surface area contributed by atoms with Crippen molar-refractivity contribution in [2.75, 3.05) is 0 Å². The van der Waals surface area contributed by atoms with Gasteiger partial charge in [0.2, 0.25) is 0 Å². The van der Waals surface area contributed by atoms with Crippen LogP contribution >= 0.6 is 0 Å². The SMILES string of the molecule is CCC(C)C.[Zr]. The first-order chi connectivity index (χ1) is 2.27. The molecule has 0 saturated carbocycles. The molecule has 0 aromatic carbocycles. The molecular weight excluding hydrogens is 151 g/mol. The van der Waals surface area contributed by atoms with E-state index in [0.29, 0.717) is 0 Å². The Labute approximate surface area is 59.4 Å². The van der Waals surface area contributed by atoms with Crippen LogP contribution in [-0.2, 0) is 26.2 Å². The zero-order chi connectivity index (χ0) is 4.28. The van der Waals surface area contributed by atoms with E-state index in [1.54, 1.807) is 0 Å². The second-order valence-corrected chi connectivity index (χ2v) is 1.80. The third-order valence-corrected chi connectivity index (χ3v) is 0.816. The minimum Gasteiger partial charge on any atom is -0.0651 e. The predicted molar refractivity (Wildman–Crippen MR) is 25.1 cm³/mol. The van der Waals surface area contributed by atoms with Crippen LogP contribution in [0.1, 0.15) is 27.2 Å². The van der Waals surface area contributed by atoms with Crippen LogP contribution in [0.4, 0.5) is 0 Å². The van der Waals surface area contributed by atoms with Gasteiger partial charge in [-0.15, -0.1) is 0 Å². The van der Waals surface area contributed by atoms with Crippen LogP contribution in [-0.4, -0.2) is 0 Å². The third-order valence-electron chi connectivity index (χ3n) is 0.816. The largest absolute Gasteiger partial charge is 0.0651 e.